The number of fused-ring (bicyclic) bond motifs is 5. The standard InChI is InChI=1S/C30H32F6N4O4/c1-18-11-7-6-10-14-28(30(34,35)36,42-17-19-12-8-5-9-13-19)25-40-39-24(43-25)23-22(38-26(41)44-27(2,3)4)16-20(29(31,32)33)21(15-18)37-23/h5-9,12-13,16,18H,10-11,14-15,17H2,1-4H3,(H,38,41)/b7-6-. The van der Waals surface area contributed by atoms with Gasteiger partial charge in [-0.3, -0.25) is 5.32 Å². The van der Waals surface area contributed by atoms with Crippen molar-refractivity contribution in [2.24, 2.45) is 5.92 Å². The second kappa shape index (κ2) is 12.6. The summed E-state index contributed by atoms with van der Waals surface area (Å²) in [4.78, 5) is 16.7. The van der Waals surface area contributed by atoms with Gasteiger partial charge in [0.05, 0.1) is 23.6 Å². The van der Waals surface area contributed by atoms with Crippen LogP contribution in [-0.4, -0.2) is 33.1 Å². The molecular formula is C30H32F6N4O4. The average Bonchev–Trinajstić information content (AvgIpc) is 3.39. The van der Waals surface area contributed by atoms with Crippen molar-refractivity contribution < 1.29 is 45.0 Å². The second-order valence-corrected chi connectivity index (χ2v) is 11.6. The molecule has 1 aromatic carbocycles. The Bertz CT molecular complexity index is 1480. The highest BCUT2D eigenvalue weighted by atomic mass is 19.4. The Hall–Kier alpha value is -3.94. The first-order valence-corrected chi connectivity index (χ1v) is 13.8. The van der Waals surface area contributed by atoms with Gasteiger partial charge in [-0.2, -0.15) is 26.3 Å². The van der Waals surface area contributed by atoms with E-state index in [0.717, 1.165) is 0 Å². The summed E-state index contributed by atoms with van der Waals surface area (Å²) in [6.07, 6.45) is -8.50. The smallest absolute Gasteiger partial charge is 0.426 e. The third-order valence-electron chi connectivity index (χ3n) is 6.71. The van der Waals surface area contributed by atoms with Crippen LogP contribution in [0.5, 0.6) is 0 Å². The molecule has 0 saturated carbocycles. The van der Waals surface area contributed by atoms with Crippen molar-refractivity contribution in [3.63, 3.8) is 0 Å². The summed E-state index contributed by atoms with van der Waals surface area (Å²) in [5.74, 6) is -1.97. The minimum atomic E-state index is -5.04. The summed E-state index contributed by atoms with van der Waals surface area (Å²) in [5.41, 5.74) is -6.14. The molecule has 2 atom stereocenters. The SMILES string of the molecule is CC1C/C=C\CCC(OCc2ccccc2)(C(F)(F)F)c2nnc(o2)-c2nc(c(C(F)(F)F)cc2NC(=O)OC(C)(C)C)C1. The molecule has 1 N–H and O–H groups in total. The zero-order valence-corrected chi connectivity index (χ0v) is 24.5. The van der Waals surface area contributed by atoms with E-state index in [2.05, 4.69) is 20.5 Å². The van der Waals surface area contributed by atoms with E-state index in [0.29, 0.717) is 11.6 Å². The van der Waals surface area contributed by atoms with Gasteiger partial charge in [0, 0.05) is 0 Å². The second-order valence-electron chi connectivity index (χ2n) is 11.6. The number of nitrogens with one attached hydrogen (secondary N) is 1. The molecule has 3 aromatic rings. The number of halogens is 6. The summed E-state index contributed by atoms with van der Waals surface area (Å²) in [6.45, 7) is 5.89. The van der Waals surface area contributed by atoms with Gasteiger partial charge >= 0.3 is 18.4 Å². The maximum atomic E-state index is 14.9. The quantitative estimate of drug-likeness (QED) is 0.229. The van der Waals surface area contributed by atoms with Crippen LogP contribution in [0.3, 0.4) is 0 Å². The predicted molar refractivity (Wildman–Crippen MR) is 147 cm³/mol. The normalized spacial score (nSPS) is 20.5. The molecule has 1 aliphatic heterocycles. The first kappa shape index (κ1) is 33.0. The number of anilines is 1. The van der Waals surface area contributed by atoms with Crippen molar-refractivity contribution in [1.82, 2.24) is 15.2 Å². The van der Waals surface area contributed by atoms with E-state index in [1.54, 1.807) is 64.1 Å². The molecule has 3 heterocycles. The summed E-state index contributed by atoms with van der Waals surface area (Å²) in [5, 5.41) is 9.63. The third kappa shape index (κ3) is 7.76. The molecular weight excluding hydrogens is 594 g/mol. The van der Waals surface area contributed by atoms with E-state index in [1.165, 1.54) is 6.08 Å². The number of amides is 1. The zero-order valence-electron chi connectivity index (χ0n) is 24.5. The Kier molecular flexibility index (Phi) is 9.43. The lowest BCUT2D eigenvalue weighted by Gasteiger charge is -2.32. The lowest BCUT2D eigenvalue weighted by atomic mass is 9.94. The first-order chi connectivity index (χ1) is 20.5. The van der Waals surface area contributed by atoms with E-state index < -0.39 is 77.1 Å². The van der Waals surface area contributed by atoms with Crippen molar-refractivity contribution >= 4 is 11.8 Å². The Morgan fingerprint density at radius 1 is 1.07 bits per heavy atom. The Balaban J connectivity index is 1.90. The fraction of sp³-hybridized carbons (Fsp3) is 0.467. The number of pyridine rings is 1. The largest absolute Gasteiger partial charge is 0.444 e. The highest BCUT2D eigenvalue weighted by Gasteiger charge is 2.61. The molecule has 0 radical (unpaired) electrons. The molecule has 44 heavy (non-hydrogen) atoms. The van der Waals surface area contributed by atoms with Gasteiger partial charge < -0.3 is 13.9 Å². The average molecular weight is 627 g/mol. The number of hydrogen-bond donors (Lipinski definition) is 1. The zero-order chi connectivity index (χ0) is 32.3. The van der Waals surface area contributed by atoms with Crippen molar-refractivity contribution in [2.75, 3.05) is 5.32 Å². The number of alkyl halides is 6. The number of benzene rings is 1. The van der Waals surface area contributed by atoms with Crippen LogP contribution >= 0.6 is 0 Å². The number of rotatable bonds is 4. The minimum absolute atomic E-state index is 0.110. The van der Waals surface area contributed by atoms with E-state index in [1.807, 2.05) is 0 Å². The molecule has 2 unspecified atom stereocenters. The molecule has 238 valence electrons. The fourth-order valence-corrected chi connectivity index (χ4v) is 4.62. The molecule has 0 fully saturated rings. The lowest BCUT2D eigenvalue weighted by molar-refractivity contribution is -0.299. The molecule has 4 bridgehead atoms. The Morgan fingerprint density at radius 3 is 2.41 bits per heavy atom. The molecule has 0 saturated heterocycles. The number of nitrogens with zero attached hydrogens (tertiary/aromatic N) is 3. The van der Waals surface area contributed by atoms with Crippen LogP contribution in [0.15, 0.2) is 53.0 Å². The number of carbonyl (C=O) groups excluding carboxylic acids is 1. The monoisotopic (exact) mass is 626 g/mol. The molecule has 4 rings (SSSR count). The van der Waals surface area contributed by atoms with Gasteiger partial charge in [0.25, 0.3) is 11.8 Å². The van der Waals surface area contributed by atoms with Crippen LogP contribution < -0.4 is 5.32 Å². The summed E-state index contributed by atoms with van der Waals surface area (Å²) < 4.78 is 104. The highest BCUT2D eigenvalue weighted by Crippen LogP contribution is 2.47. The van der Waals surface area contributed by atoms with Crippen LogP contribution in [0.2, 0.25) is 0 Å². The van der Waals surface area contributed by atoms with Gasteiger partial charge in [-0.25, -0.2) is 9.78 Å². The van der Waals surface area contributed by atoms with Gasteiger partial charge in [0.2, 0.25) is 5.60 Å². The van der Waals surface area contributed by atoms with Gasteiger partial charge in [0.1, 0.15) is 5.60 Å². The fourth-order valence-electron chi connectivity index (χ4n) is 4.62. The van der Waals surface area contributed by atoms with Crippen LogP contribution in [0, 0.1) is 5.92 Å². The van der Waals surface area contributed by atoms with E-state index in [9.17, 15) is 31.1 Å². The maximum Gasteiger partial charge on any atom is 0.426 e. The van der Waals surface area contributed by atoms with Crippen LogP contribution in [0.25, 0.3) is 11.6 Å². The molecule has 8 nitrogen and oxygen atoms in total. The van der Waals surface area contributed by atoms with Crippen molar-refractivity contribution in [3.05, 3.63) is 71.3 Å². The van der Waals surface area contributed by atoms with Gasteiger partial charge in [-0.1, -0.05) is 49.4 Å². The topological polar surface area (TPSA) is 99.4 Å². The van der Waals surface area contributed by atoms with E-state index in [-0.39, 0.29) is 25.2 Å². The van der Waals surface area contributed by atoms with Gasteiger partial charge in [-0.15, -0.1) is 10.2 Å². The number of ether oxygens (including phenoxy) is 2. The van der Waals surface area contributed by atoms with Crippen LogP contribution in [0.4, 0.5) is 36.8 Å². The highest BCUT2D eigenvalue weighted by molar-refractivity contribution is 5.89. The lowest BCUT2D eigenvalue weighted by Crippen LogP contribution is -2.45. The van der Waals surface area contributed by atoms with E-state index >= 15 is 0 Å². The predicted octanol–water partition coefficient (Wildman–Crippen LogP) is 8.39. The molecule has 1 aliphatic rings. The number of hydrogen-bond acceptors (Lipinski definition) is 7. The van der Waals surface area contributed by atoms with Crippen LogP contribution in [-0.2, 0) is 34.3 Å². The molecule has 0 spiro atoms. The van der Waals surface area contributed by atoms with Crippen molar-refractivity contribution in [3.8, 4) is 11.6 Å². The first-order valence-electron chi connectivity index (χ1n) is 13.8. The van der Waals surface area contributed by atoms with Gasteiger partial charge in [-0.05, 0) is 64.0 Å². The number of allylic oxidation sites excluding steroid dienone is 2. The van der Waals surface area contributed by atoms with Gasteiger partial charge in [0.15, 0.2) is 5.69 Å². The van der Waals surface area contributed by atoms with Crippen LogP contribution in [0.1, 0.15) is 69.7 Å². The molecule has 0 aliphatic carbocycles. The van der Waals surface area contributed by atoms with Crippen molar-refractivity contribution in [1.29, 1.82) is 0 Å². The summed E-state index contributed by atoms with van der Waals surface area (Å²) in [6, 6.07) is 8.83. The molecule has 1 amide bonds. The number of aromatic nitrogens is 3. The summed E-state index contributed by atoms with van der Waals surface area (Å²) in [7, 11) is 0. The van der Waals surface area contributed by atoms with E-state index in [4.69, 9.17) is 13.9 Å². The summed E-state index contributed by atoms with van der Waals surface area (Å²) >= 11 is 0. The molecule has 14 heteroatoms. The maximum absolute atomic E-state index is 14.9. The Labute approximate surface area is 249 Å². The number of carbonyl (C=O) groups is 1. The third-order valence-corrected chi connectivity index (χ3v) is 6.71. The molecule has 2 aromatic heterocycles. The van der Waals surface area contributed by atoms with Crippen molar-refractivity contribution in [2.45, 2.75) is 83.5 Å². The Morgan fingerprint density at radius 2 is 1.77 bits per heavy atom. The minimum Gasteiger partial charge on any atom is -0.444 e.